The lowest BCUT2D eigenvalue weighted by Gasteiger charge is -2.14. The Morgan fingerprint density at radius 3 is 2.09 bits per heavy atom. The van der Waals surface area contributed by atoms with Crippen LogP contribution in [0.5, 0.6) is 0 Å². The Labute approximate surface area is 130 Å². The number of hydrogen-bond donors (Lipinski definition) is 2. The van der Waals surface area contributed by atoms with Crippen molar-refractivity contribution in [3.63, 3.8) is 0 Å². The molecule has 2 N–H and O–H groups in total. The molecule has 0 aliphatic heterocycles. The van der Waals surface area contributed by atoms with Crippen molar-refractivity contribution in [2.45, 2.75) is 32.2 Å². The summed E-state index contributed by atoms with van der Waals surface area (Å²) in [7, 11) is 0. The molecule has 124 valence electrons. The molecule has 23 heavy (non-hydrogen) atoms. The number of non-ortho nitro benzene ring substituents is 2. The van der Waals surface area contributed by atoms with Crippen LogP contribution in [-0.2, 0) is 4.79 Å². The van der Waals surface area contributed by atoms with Gasteiger partial charge in [0.05, 0.1) is 21.5 Å². The van der Waals surface area contributed by atoms with Crippen LogP contribution in [0.2, 0.25) is 0 Å². The van der Waals surface area contributed by atoms with Crippen molar-refractivity contribution in [1.82, 2.24) is 5.32 Å². The molecule has 0 saturated heterocycles. The number of aliphatic carboxylic acids is 1. The van der Waals surface area contributed by atoms with Gasteiger partial charge in [0, 0.05) is 12.1 Å². The molecule has 0 radical (unpaired) electrons. The van der Waals surface area contributed by atoms with Gasteiger partial charge in [-0.1, -0.05) is 19.8 Å². The van der Waals surface area contributed by atoms with Crippen LogP contribution in [-0.4, -0.2) is 32.9 Å². The van der Waals surface area contributed by atoms with Gasteiger partial charge in [0.2, 0.25) is 0 Å². The summed E-state index contributed by atoms with van der Waals surface area (Å²) in [5, 5.41) is 32.8. The zero-order valence-electron chi connectivity index (χ0n) is 12.2. The van der Waals surface area contributed by atoms with E-state index in [2.05, 4.69) is 5.32 Å². The number of nitrogens with one attached hydrogen (secondary N) is 1. The van der Waals surface area contributed by atoms with Crippen LogP contribution in [0.4, 0.5) is 11.4 Å². The van der Waals surface area contributed by atoms with Gasteiger partial charge in [-0.05, 0) is 6.42 Å². The molecular weight excluding hydrogens is 310 g/mol. The maximum Gasteiger partial charge on any atom is 0.326 e. The van der Waals surface area contributed by atoms with E-state index in [1.54, 1.807) is 0 Å². The summed E-state index contributed by atoms with van der Waals surface area (Å²) >= 11 is 0. The minimum atomic E-state index is -1.24. The summed E-state index contributed by atoms with van der Waals surface area (Å²) in [4.78, 5) is 43.0. The van der Waals surface area contributed by atoms with Gasteiger partial charge in [-0.25, -0.2) is 4.79 Å². The average Bonchev–Trinajstić information content (AvgIpc) is 2.50. The van der Waals surface area contributed by atoms with Crippen LogP contribution in [0.1, 0.15) is 36.5 Å². The number of nitrogens with zero attached hydrogens (tertiary/aromatic N) is 2. The fraction of sp³-hybridized carbons (Fsp3) is 0.385. The molecule has 0 spiro atoms. The van der Waals surface area contributed by atoms with Gasteiger partial charge in [0.15, 0.2) is 0 Å². The van der Waals surface area contributed by atoms with Gasteiger partial charge in [-0.3, -0.25) is 25.0 Å². The van der Waals surface area contributed by atoms with Gasteiger partial charge < -0.3 is 10.4 Å². The van der Waals surface area contributed by atoms with Crippen molar-refractivity contribution in [2.24, 2.45) is 0 Å². The lowest BCUT2D eigenvalue weighted by atomic mass is 10.1. The fourth-order valence-electron chi connectivity index (χ4n) is 1.84. The Balaban J connectivity index is 3.08. The average molecular weight is 325 g/mol. The van der Waals surface area contributed by atoms with Crippen molar-refractivity contribution in [2.75, 3.05) is 0 Å². The molecule has 0 saturated carbocycles. The first-order chi connectivity index (χ1) is 10.8. The topological polar surface area (TPSA) is 153 Å². The third kappa shape index (κ3) is 5.02. The Kier molecular flexibility index (Phi) is 6.13. The normalized spacial score (nSPS) is 11.5. The second-order valence-electron chi connectivity index (χ2n) is 4.76. The predicted molar refractivity (Wildman–Crippen MR) is 78.2 cm³/mol. The second-order valence-corrected chi connectivity index (χ2v) is 4.76. The number of amides is 1. The summed E-state index contributed by atoms with van der Waals surface area (Å²) in [5.74, 6) is -2.16. The first kappa shape index (κ1) is 18.0. The highest BCUT2D eigenvalue weighted by atomic mass is 16.6. The van der Waals surface area contributed by atoms with E-state index in [-0.39, 0.29) is 12.0 Å². The third-order valence-electron chi connectivity index (χ3n) is 3.04. The van der Waals surface area contributed by atoms with Crippen LogP contribution < -0.4 is 5.32 Å². The van der Waals surface area contributed by atoms with E-state index in [1.807, 2.05) is 6.92 Å². The highest BCUT2D eigenvalue weighted by Crippen LogP contribution is 2.22. The van der Waals surface area contributed by atoms with Gasteiger partial charge in [0.25, 0.3) is 17.3 Å². The number of benzene rings is 1. The van der Waals surface area contributed by atoms with Crippen molar-refractivity contribution >= 4 is 23.3 Å². The summed E-state index contributed by atoms with van der Waals surface area (Å²) in [6.45, 7) is 1.85. The maximum atomic E-state index is 12.1. The van der Waals surface area contributed by atoms with Gasteiger partial charge in [-0.2, -0.15) is 0 Å². The quantitative estimate of drug-likeness (QED) is 0.546. The smallest absolute Gasteiger partial charge is 0.326 e. The van der Waals surface area contributed by atoms with E-state index in [0.29, 0.717) is 6.42 Å². The number of carboxylic acids is 1. The Morgan fingerprint density at radius 2 is 1.70 bits per heavy atom. The lowest BCUT2D eigenvalue weighted by molar-refractivity contribution is -0.394. The summed E-state index contributed by atoms with van der Waals surface area (Å²) < 4.78 is 0. The van der Waals surface area contributed by atoms with Crippen LogP contribution in [0.15, 0.2) is 18.2 Å². The van der Waals surface area contributed by atoms with E-state index in [1.165, 1.54) is 0 Å². The van der Waals surface area contributed by atoms with E-state index in [0.717, 1.165) is 24.6 Å². The minimum absolute atomic E-state index is 0.189. The molecule has 10 heteroatoms. The highest BCUT2D eigenvalue weighted by molar-refractivity contribution is 5.97. The molecule has 1 rings (SSSR count). The highest BCUT2D eigenvalue weighted by Gasteiger charge is 2.24. The molecular formula is C13H15N3O7. The molecule has 1 aromatic carbocycles. The van der Waals surface area contributed by atoms with Gasteiger partial charge >= 0.3 is 5.97 Å². The number of hydrogen-bond acceptors (Lipinski definition) is 6. The maximum absolute atomic E-state index is 12.1. The first-order valence-electron chi connectivity index (χ1n) is 6.73. The van der Waals surface area contributed by atoms with E-state index < -0.39 is 39.1 Å². The predicted octanol–water partition coefficient (Wildman–Crippen LogP) is 1.88. The van der Waals surface area contributed by atoms with E-state index in [4.69, 9.17) is 5.11 Å². The first-order valence-corrected chi connectivity index (χ1v) is 6.73. The Hall–Kier alpha value is -3.04. The SMILES string of the molecule is CCCCC(NC(=O)c1cc([N+](=O)[O-])cc([N+](=O)[O-])c1)C(=O)O. The van der Waals surface area contributed by atoms with Crippen LogP contribution in [0.3, 0.4) is 0 Å². The molecule has 1 amide bonds. The molecule has 0 bridgehead atoms. The van der Waals surface area contributed by atoms with Gasteiger partial charge in [0.1, 0.15) is 6.04 Å². The summed E-state index contributed by atoms with van der Waals surface area (Å²) in [6.07, 6.45) is 1.48. The standard InChI is InChI=1S/C13H15N3O7/c1-2-3-4-11(13(18)19)14-12(17)8-5-9(15(20)21)7-10(6-8)16(22)23/h5-7,11H,2-4H2,1H3,(H,14,17)(H,18,19). The minimum Gasteiger partial charge on any atom is -0.480 e. The monoisotopic (exact) mass is 325 g/mol. The molecule has 1 unspecified atom stereocenters. The number of nitro groups is 2. The van der Waals surface area contributed by atoms with Crippen molar-refractivity contribution in [1.29, 1.82) is 0 Å². The fourth-order valence-corrected chi connectivity index (χ4v) is 1.84. The van der Waals surface area contributed by atoms with Crippen LogP contribution in [0, 0.1) is 20.2 Å². The molecule has 0 aliphatic carbocycles. The van der Waals surface area contributed by atoms with E-state index in [9.17, 15) is 29.8 Å². The Bertz CT molecular complexity index is 612. The van der Waals surface area contributed by atoms with Gasteiger partial charge in [-0.15, -0.1) is 0 Å². The third-order valence-corrected chi connectivity index (χ3v) is 3.04. The number of nitro benzene ring substituents is 2. The van der Waals surface area contributed by atoms with Crippen molar-refractivity contribution in [3.8, 4) is 0 Å². The number of unbranched alkanes of at least 4 members (excludes halogenated alkanes) is 1. The van der Waals surface area contributed by atoms with Crippen molar-refractivity contribution in [3.05, 3.63) is 44.0 Å². The molecule has 1 aromatic rings. The van der Waals surface area contributed by atoms with Crippen LogP contribution >= 0.6 is 0 Å². The number of carboxylic acid groups (broad SMARTS) is 1. The summed E-state index contributed by atoms with van der Waals surface area (Å²) in [5.41, 5.74) is -1.58. The molecule has 0 aromatic heterocycles. The second kappa shape index (κ2) is 7.82. The molecule has 0 aliphatic rings. The number of carbonyl (C=O) groups excluding carboxylic acids is 1. The number of carbonyl (C=O) groups is 2. The number of rotatable bonds is 8. The summed E-state index contributed by atoms with van der Waals surface area (Å²) in [6, 6.07) is 1.28. The molecule has 0 heterocycles. The zero-order chi connectivity index (χ0) is 17.6. The zero-order valence-corrected chi connectivity index (χ0v) is 12.2. The van der Waals surface area contributed by atoms with E-state index >= 15 is 0 Å². The van der Waals surface area contributed by atoms with Crippen LogP contribution in [0.25, 0.3) is 0 Å². The Morgan fingerprint density at radius 1 is 1.17 bits per heavy atom. The largest absolute Gasteiger partial charge is 0.480 e. The molecule has 1 atom stereocenters. The van der Waals surface area contributed by atoms with Crippen molar-refractivity contribution < 1.29 is 24.5 Å². The lowest BCUT2D eigenvalue weighted by Crippen LogP contribution is -2.40. The molecule has 10 nitrogen and oxygen atoms in total. The molecule has 0 fully saturated rings.